The molecule has 0 unspecified atom stereocenters. The summed E-state index contributed by atoms with van der Waals surface area (Å²) in [6.45, 7) is 2.58. The van der Waals surface area contributed by atoms with E-state index in [0.717, 1.165) is 6.42 Å². The predicted molar refractivity (Wildman–Crippen MR) is 73.0 cm³/mol. The molecule has 0 bridgehead atoms. The predicted octanol–water partition coefficient (Wildman–Crippen LogP) is 3.02. The zero-order valence-corrected chi connectivity index (χ0v) is 11.8. The summed E-state index contributed by atoms with van der Waals surface area (Å²) >= 11 is 3.20. The van der Waals surface area contributed by atoms with E-state index in [2.05, 4.69) is 21.2 Å². The van der Waals surface area contributed by atoms with Crippen LogP contribution in [0.4, 0.5) is 10.5 Å². The number of benzene rings is 1. The van der Waals surface area contributed by atoms with Gasteiger partial charge in [-0.2, -0.15) is 0 Å². The number of hydrogen-bond donors (Lipinski definition) is 2. The quantitative estimate of drug-likeness (QED) is 0.897. The van der Waals surface area contributed by atoms with Crippen LogP contribution in [0, 0.1) is 0 Å². The Labute approximate surface area is 114 Å². The monoisotopic (exact) mass is 314 g/mol. The highest BCUT2D eigenvalue weighted by Crippen LogP contribution is 2.21. The summed E-state index contributed by atoms with van der Waals surface area (Å²) in [7, 11) is 1.66. The number of carboxylic acids is 1. The van der Waals surface area contributed by atoms with Gasteiger partial charge in [-0.25, -0.2) is 9.59 Å². The molecule has 0 saturated heterocycles. The average Bonchev–Trinajstić information content (AvgIpc) is 2.31. The van der Waals surface area contributed by atoms with E-state index in [9.17, 15) is 9.59 Å². The lowest BCUT2D eigenvalue weighted by molar-refractivity contribution is 0.0698. The summed E-state index contributed by atoms with van der Waals surface area (Å²) < 4.78 is 0.653. The van der Waals surface area contributed by atoms with Crippen molar-refractivity contribution in [3.05, 3.63) is 28.2 Å². The third-order valence-corrected chi connectivity index (χ3v) is 2.85. The van der Waals surface area contributed by atoms with Gasteiger partial charge in [0.05, 0.1) is 11.3 Å². The molecule has 0 fully saturated rings. The number of carbonyl (C=O) groups excluding carboxylic acids is 1. The number of carboxylic acid groups (broad SMARTS) is 1. The number of nitrogens with one attached hydrogen (secondary N) is 1. The van der Waals surface area contributed by atoms with Crippen LogP contribution in [0.25, 0.3) is 0 Å². The minimum Gasteiger partial charge on any atom is -0.478 e. The molecule has 0 spiro atoms. The molecule has 0 aliphatic carbocycles. The maximum atomic E-state index is 11.8. The number of urea groups is 1. The van der Waals surface area contributed by atoms with Gasteiger partial charge in [0.25, 0.3) is 0 Å². The molecule has 5 nitrogen and oxygen atoms in total. The second-order valence-electron chi connectivity index (χ2n) is 3.85. The first-order valence-electron chi connectivity index (χ1n) is 5.50. The number of halogens is 1. The lowest BCUT2D eigenvalue weighted by Crippen LogP contribution is -2.32. The van der Waals surface area contributed by atoms with Crippen LogP contribution in [0.2, 0.25) is 0 Å². The fourth-order valence-corrected chi connectivity index (χ4v) is 1.81. The highest BCUT2D eigenvalue weighted by molar-refractivity contribution is 9.10. The Balaban J connectivity index is 2.90. The van der Waals surface area contributed by atoms with E-state index >= 15 is 0 Å². The van der Waals surface area contributed by atoms with Crippen molar-refractivity contribution in [2.75, 3.05) is 18.9 Å². The lowest BCUT2D eigenvalue weighted by Gasteiger charge is -2.17. The Hall–Kier alpha value is -1.56. The van der Waals surface area contributed by atoms with E-state index in [1.807, 2.05) is 6.92 Å². The number of carbonyl (C=O) groups is 2. The smallest absolute Gasteiger partial charge is 0.337 e. The zero-order chi connectivity index (χ0) is 13.7. The zero-order valence-electron chi connectivity index (χ0n) is 10.2. The molecule has 0 heterocycles. The molecule has 2 amide bonds. The fourth-order valence-electron chi connectivity index (χ4n) is 1.45. The van der Waals surface area contributed by atoms with Gasteiger partial charge in [0.1, 0.15) is 0 Å². The second-order valence-corrected chi connectivity index (χ2v) is 4.76. The van der Waals surface area contributed by atoms with Gasteiger partial charge in [0.15, 0.2) is 0 Å². The van der Waals surface area contributed by atoms with Crippen molar-refractivity contribution >= 4 is 33.6 Å². The van der Waals surface area contributed by atoms with Crippen LogP contribution < -0.4 is 5.32 Å². The molecule has 1 aromatic carbocycles. The van der Waals surface area contributed by atoms with Crippen molar-refractivity contribution < 1.29 is 14.7 Å². The van der Waals surface area contributed by atoms with Gasteiger partial charge in [-0.05, 0) is 24.6 Å². The number of rotatable bonds is 4. The van der Waals surface area contributed by atoms with Crippen LogP contribution >= 0.6 is 15.9 Å². The highest BCUT2D eigenvalue weighted by Gasteiger charge is 2.14. The topological polar surface area (TPSA) is 69.6 Å². The minimum atomic E-state index is -1.08. The van der Waals surface area contributed by atoms with E-state index in [1.165, 1.54) is 11.0 Å². The fraction of sp³-hybridized carbons (Fsp3) is 0.333. The molecule has 2 N–H and O–H groups in total. The molecular weight excluding hydrogens is 300 g/mol. The van der Waals surface area contributed by atoms with Crippen LogP contribution in [0.5, 0.6) is 0 Å². The van der Waals surface area contributed by atoms with Crippen LogP contribution in [0.15, 0.2) is 22.7 Å². The molecule has 0 radical (unpaired) electrons. The molecule has 18 heavy (non-hydrogen) atoms. The minimum absolute atomic E-state index is 0.0580. The first kappa shape index (κ1) is 14.5. The maximum absolute atomic E-state index is 11.8. The molecule has 0 aliphatic rings. The van der Waals surface area contributed by atoms with E-state index in [-0.39, 0.29) is 11.6 Å². The number of amides is 2. The van der Waals surface area contributed by atoms with Crippen LogP contribution in [-0.4, -0.2) is 35.6 Å². The summed E-state index contributed by atoms with van der Waals surface area (Å²) in [5.74, 6) is -1.08. The van der Waals surface area contributed by atoms with E-state index in [0.29, 0.717) is 16.7 Å². The first-order chi connectivity index (χ1) is 8.45. The van der Waals surface area contributed by atoms with Gasteiger partial charge in [-0.15, -0.1) is 0 Å². The first-order valence-corrected chi connectivity index (χ1v) is 6.30. The van der Waals surface area contributed by atoms with Gasteiger partial charge < -0.3 is 15.3 Å². The van der Waals surface area contributed by atoms with Crippen LogP contribution in [0.1, 0.15) is 23.7 Å². The Kier molecular flexibility index (Phi) is 5.15. The molecular formula is C12H15BrN2O3. The second kappa shape index (κ2) is 6.39. The molecule has 0 aromatic heterocycles. The van der Waals surface area contributed by atoms with Crippen molar-refractivity contribution in [2.24, 2.45) is 0 Å². The number of aromatic carboxylic acids is 1. The summed E-state index contributed by atoms with van der Waals surface area (Å²) in [6.07, 6.45) is 0.843. The van der Waals surface area contributed by atoms with Crippen molar-refractivity contribution in [3.8, 4) is 0 Å². The Morgan fingerprint density at radius 2 is 2.11 bits per heavy atom. The molecule has 0 saturated carbocycles. The van der Waals surface area contributed by atoms with Crippen LogP contribution in [-0.2, 0) is 0 Å². The number of nitrogens with zero attached hydrogens (tertiary/aromatic N) is 1. The van der Waals surface area contributed by atoms with Crippen molar-refractivity contribution in [1.29, 1.82) is 0 Å². The number of anilines is 1. The largest absolute Gasteiger partial charge is 0.478 e. The number of hydrogen-bond acceptors (Lipinski definition) is 2. The van der Waals surface area contributed by atoms with Gasteiger partial charge in [-0.3, -0.25) is 0 Å². The summed E-state index contributed by atoms with van der Waals surface area (Å²) in [4.78, 5) is 24.3. The van der Waals surface area contributed by atoms with Gasteiger partial charge in [0.2, 0.25) is 0 Å². The maximum Gasteiger partial charge on any atom is 0.337 e. The average molecular weight is 315 g/mol. The normalized spacial score (nSPS) is 9.94. The third-order valence-electron chi connectivity index (χ3n) is 2.36. The van der Waals surface area contributed by atoms with E-state index < -0.39 is 5.97 Å². The molecule has 6 heteroatoms. The summed E-state index contributed by atoms with van der Waals surface area (Å²) in [5, 5.41) is 11.6. The highest BCUT2D eigenvalue weighted by atomic mass is 79.9. The molecule has 1 rings (SSSR count). The standard InChI is InChI=1S/C12H15BrN2O3/c1-3-6-15(2)12(18)14-10-5-4-8(13)7-9(10)11(16)17/h4-5,7H,3,6H2,1-2H3,(H,14,18)(H,16,17). The SMILES string of the molecule is CCCN(C)C(=O)Nc1ccc(Br)cc1C(=O)O. The molecule has 0 aliphatic heterocycles. The van der Waals surface area contributed by atoms with E-state index in [1.54, 1.807) is 19.2 Å². The van der Waals surface area contributed by atoms with Crippen molar-refractivity contribution in [3.63, 3.8) is 0 Å². The van der Waals surface area contributed by atoms with Crippen molar-refractivity contribution in [1.82, 2.24) is 4.90 Å². The molecule has 1 aromatic rings. The lowest BCUT2D eigenvalue weighted by atomic mass is 10.2. The molecule has 0 atom stereocenters. The van der Waals surface area contributed by atoms with Gasteiger partial charge in [0, 0.05) is 18.1 Å². The summed E-state index contributed by atoms with van der Waals surface area (Å²) in [6, 6.07) is 4.38. The Morgan fingerprint density at radius 1 is 1.44 bits per heavy atom. The molecule has 98 valence electrons. The van der Waals surface area contributed by atoms with Crippen molar-refractivity contribution in [2.45, 2.75) is 13.3 Å². The van der Waals surface area contributed by atoms with Gasteiger partial charge in [-0.1, -0.05) is 22.9 Å². The van der Waals surface area contributed by atoms with Gasteiger partial charge >= 0.3 is 12.0 Å². The third kappa shape index (κ3) is 3.73. The van der Waals surface area contributed by atoms with Crippen LogP contribution in [0.3, 0.4) is 0 Å². The summed E-state index contributed by atoms with van der Waals surface area (Å²) in [5.41, 5.74) is 0.348. The Bertz CT molecular complexity index is 463. The van der Waals surface area contributed by atoms with E-state index in [4.69, 9.17) is 5.11 Å². The Morgan fingerprint density at radius 3 is 2.67 bits per heavy atom.